The van der Waals surface area contributed by atoms with Crippen molar-refractivity contribution in [2.45, 2.75) is 71.2 Å². The number of cyclic esters (lactones) is 1. The Morgan fingerprint density at radius 2 is 1.87 bits per heavy atom. The number of hydrazine groups is 1. The molecule has 202 valence electrons. The van der Waals surface area contributed by atoms with E-state index < -0.39 is 36.1 Å². The molecular weight excluding hydrogens is 486 g/mol. The van der Waals surface area contributed by atoms with E-state index in [9.17, 15) is 19.2 Å². The Morgan fingerprint density at radius 3 is 2.63 bits per heavy atom. The molecule has 1 aromatic carbocycles. The number of fused-ring (bicyclic) bond motifs is 4. The molecule has 3 N–H and O–H groups in total. The Bertz CT molecular complexity index is 1260. The van der Waals surface area contributed by atoms with Gasteiger partial charge in [0.1, 0.15) is 24.2 Å². The van der Waals surface area contributed by atoms with Crippen molar-refractivity contribution in [2.75, 3.05) is 6.54 Å². The van der Waals surface area contributed by atoms with E-state index in [1.165, 1.54) is 5.01 Å². The van der Waals surface area contributed by atoms with Crippen LogP contribution >= 0.6 is 0 Å². The zero-order valence-corrected chi connectivity index (χ0v) is 22.2. The first-order valence-corrected chi connectivity index (χ1v) is 13.1. The van der Waals surface area contributed by atoms with Gasteiger partial charge in [-0.05, 0) is 56.4 Å². The monoisotopic (exact) mass is 521 g/mol. The van der Waals surface area contributed by atoms with Crippen LogP contribution in [0.4, 0.5) is 0 Å². The first-order chi connectivity index (χ1) is 18.1. The number of aromatic nitrogens is 1. The number of amides is 3. The second kappa shape index (κ2) is 11.7. The molecule has 5 bridgehead atoms. The van der Waals surface area contributed by atoms with Crippen molar-refractivity contribution >= 4 is 40.7 Å². The third kappa shape index (κ3) is 6.36. The molecule has 2 aliphatic heterocycles. The van der Waals surface area contributed by atoms with Crippen LogP contribution in [-0.2, 0) is 23.9 Å². The number of rotatable bonds is 1. The fraction of sp³-hybridized carbons (Fsp3) is 0.464. The first kappa shape index (κ1) is 27.3. The van der Waals surface area contributed by atoms with E-state index in [2.05, 4.69) is 21.0 Å². The van der Waals surface area contributed by atoms with Gasteiger partial charge in [-0.2, -0.15) is 0 Å². The summed E-state index contributed by atoms with van der Waals surface area (Å²) in [7, 11) is 0. The van der Waals surface area contributed by atoms with Crippen LogP contribution < -0.4 is 16.1 Å². The highest BCUT2D eigenvalue weighted by atomic mass is 16.5. The van der Waals surface area contributed by atoms with Crippen LogP contribution in [0, 0.1) is 5.92 Å². The van der Waals surface area contributed by atoms with E-state index in [-0.39, 0.29) is 24.2 Å². The molecule has 1 aromatic heterocycles. The summed E-state index contributed by atoms with van der Waals surface area (Å²) in [6, 6.07) is 5.33. The molecule has 4 atom stereocenters. The molecule has 1 saturated heterocycles. The largest absolute Gasteiger partial charge is 0.457 e. The van der Waals surface area contributed by atoms with Gasteiger partial charge >= 0.3 is 5.97 Å². The predicted molar refractivity (Wildman–Crippen MR) is 142 cm³/mol. The molecular formula is C28H35N5O5. The van der Waals surface area contributed by atoms with Gasteiger partial charge in [0.25, 0.3) is 5.91 Å². The number of nitrogens with one attached hydrogen (secondary N) is 3. The fourth-order valence-electron chi connectivity index (χ4n) is 4.60. The number of ether oxygens (including phenoxy) is 1. The van der Waals surface area contributed by atoms with E-state index in [1.807, 2.05) is 44.2 Å². The third-order valence-corrected chi connectivity index (χ3v) is 6.83. The van der Waals surface area contributed by atoms with Crippen LogP contribution in [0.15, 0.2) is 36.5 Å². The Morgan fingerprint density at radius 1 is 1.08 bits per heavy atom. The summed E-state index contributed by atoms with van der Waals surface area (Å²) in [5.74, 6) is -1.77. The molecule has 4 rings (SSSR count). The molecule has 0 saturated carbocycles. The van der Waals surface area contributed by atoms with Crippen molar-refractivity contribution in [1.82, 2.24) is 26.1 Å². The maximum Gasteiger partial charge on any atom is 0.325 e. The smallest absolute Gasteiger partial charge is 0.325 e. The molecule has 1 fully saturated rings. The van der Waals surface area contributed by atoms with Crippen LogP contribution in [0.2, 0.25) is 0 Å². The summed E-state index contributed by atoms with van der Waals surface area (Å²) in [5, 5.41) is 7.74. The highest BCUT2D eigenvalue weighted by Crippen LogP contribution is 2.23. The summed E-state index contributed by atoms with van der Waals surface area (Å²) in [5.41, 5.74) is 5.40. The van der Waals surface area contributed by atoms with E-state index >= 15 is 0 Å². The van der Waals surface area contributed by atoms with Crippen LogP contribution in [-0.4, -0.2) is 58.4 Å². The van der Waals surface area contributed by atoms with Crippen molar-refractivity contribution in [1.29, 1.82) is 0 Å². The number of carbonyl (C=O) groups is 4. The number of nitrogens with zero attached hydrogens (tertiary/aromatic N) is 2. The molecule has 0 aliphatic carbocycles. The van der Waals surface area contributed by atoms with Gasteiger partial charge in [-0.1, -0.05) is 32.1 Å². The van der Waals surface area contributed by atoms with Gasteiger partial charge in [-0.15, -0.1) is 0 Å². The zero-order chi connectivity index (χ0) is 27.4. The predicted octanol–water partition coefficient (Wildman–Crippen LogP) is 2.40. The van der Waals surface area contributed by atoms with E-state index in [0.717, 1.165) is 22.0 Å². The molecule has 2 aromatic rings. The van der Waals surface area contributed by atoms with Crippen molar-refractivity contribution in [3.8, 4) is 0 Å². The maximum absolute atomic E-state index is 13.1. The van der Waals surface area contributed by atoms with Crippen molar-refractivity contribution < 1.29 is 23.9 Å². The highest BCUT2D eigenvalue weighted by molar-refractivity contribution is 5.92. The number of esters is 1. The Labute approximate surface area is 222 Å². The van der Waals surface area contributed by atoms with Gasteiger partial charge in [0, 0.05) is 30.1 Å². The van der Waals surface area contributed by atoms with Crippen molar-refractivity contribution in [2.24, 2.45) is 5.92 Å². The minimum Gasteiger partial charge on any atom is -0.457 e. The van der Waals surface area contributed by atoms with Gasteiger partial charge in [-0.3, -0.25) is 29.2 Å². The van der Waals surface area contributed by atoms with E-state index in [4.69, 9.17) is 4.74 Å². The van der Waals surface area contributed by atoms with Crippen LogP contribution in [0.5, 0.6) is 0 Å². The Hall–Kier alpha value is -3.79. The quantitative estimate of drug-likeness (QED) is 0.492. The van der Waals surface area contributed by atoms with Gasteiger partial charge in [0.05, 0.1) is 5.52 Å². The van der Waals surface area contributed by atoms with Gasteiger partial charge in [0.2, 0.25) is 11.8 Å². The van der Waals surface area contributed by atoms with Crippen LogP contribution in [0.3, 0.4) is 0 Å². The number of hydrogen-bond acceptors (Lipinski definition) is 7. The fourth-order valence-corrected chi connectivity index (χ4v) is 4.60. The van der Waals surface area contributed by atoms with Gasteiger partial charge in [0.15, 0.2) is 0 Å². The maximum atomic E-state index is 13.1. The summed E-state index contributed by atoms with van der Waals surface area (Å²) < 4.78 is 5.74. The molecule has 2 unspecified atom stereocenters. The minimum atomic E-state index is -0.861. The topological polar surface area (TPSA) is 130 Å². The number of hydrogen-bond donors (Lipinski definition) is 3. The van der Waals surface area contributed by atoms with Crippen LogP contribution in [0.1, 0.15) is 64.2 Å². The molecule has 10 heteroatoms. The lowest BCUT2D eigenvalue weighted by Gasteiger charge is -2.35. The molecule has 3 heterocycles. The molecule has 0 radical (unpaired) electrons. The zero-order valence-electron chi connectivity index (χ0n) is 22.2. The first-order valence-electron chi connectivity index (χ1n) is 13.1. The normalized spacial score (nSPS) is 26.6. The molecule has 3 amide bonds. The number of pyridine rings is 1. The second-order valence-corrected chi connectivity index (χ2v) is 10.2. The summed E-state index contributed by atoms with van der Waals surface area (Å²) >= 11 is 0. The van der Waals surface area contributed by atoms with Gasteiger partial charge in [-0.25, -0.2) is 5.43 Å². The average Bonchev–Trinajstić information content (AvgIpc) is 2.90. The van der Waals surface area contributed by atoms with Crippen molar-refractivity contribution in [3.63, 3.8) is 0 Å². The molecule has 38 heavy (non-hydrogen) atoms. The lowest BCUT2D eigenvalue weighted by molar-refractivity contribution is -0.157. The molecule has 10 nitrogen and oxygen atoms in total. The standard InChI is InChI=1S/C28H35N5O5/c1-16(2)25-26(35)30-17(3)27(36)33-12-6-8-23(32-33)28(37)38-18(4)21-14-20-13-19(7-5-9-24(34)31-25)10-11-22(20)29-15-21/h5,7,10-11,13-18,23,25,32H,6,8-9,12H2,1-4H3,(H,30,35)(H,31,34)/b7-5+/t17?,18?,23-,25-/m0/s1. The Balaban J connectivity index is 1.64. The summed E-state index contributed by atoms with van der Waals surface area (Å²) in [4.78, 5) is 56.2. The summed E-state index contributed by atoms with van der Waals surface area (Å²) in [6.07, 6.45) is 5.93. The second-order valence-electron chi connectivity index (χ2n) is 10.2. The lowest BCUT2D eigenvalue weighted by atomic mass is 10.0. The minimum absolute atomic E-state index is 0.0907. The molecule has 2 aliphatic rings. The van der Waals surface area contributed by atoms with E-state index in [0.29, 0.717) is 19.4 Å². The average molecular weight is 522 g/mol. The SMILES string of the molecule is CC1NC(=O)[C@H](C(C)C)NC(=O)C/C=C/c2ccc3ncc(cc3c2)C(C)OC(=O)[C@@H]2CCCN(N2)C1=O. The van der Waals surface area contributed by atoms with Crippen molar-refractivity contribution in [3.05, 3.63) is 47.7 Å². The highest BCUT2D eigenvalue weighted by Gasteiger charge is 2.33. The van der Waals surface area contributed by atoms with E-state index in [1.54, 1.807) is 26.1 Å². The molecule has 0 spiro atoms. The summed E-state index contributed by atoms with van der Waals surface area (Å²) in [6.45, 7) is 7.42. The van der Waals surface area contributed by atoms with Crippen LogP contribution in [0.25, 0.3) is 17.0 Å². The Kier molecular flexibility index (Phi) is 8.41. The van der Waals surface area contributed by atoms with Gasteiger partial charge < -0.3 is 15.4 Å². The lowest BCUT2D eigenvalue weighted by Crippen LogP contribution is -2.61. The number of carbonyl (C=O) groups excluding carboxylic acids is 4. The number of benzene rings is 1. The third-order valence-electron chi connectivity index (χ3n) is 6.83.